The molecular weight excluding hydrogens is 324 g/mol. The number of aryl methyl sites for hydroxylation is 1. The Morgan fingerprint density at radius 3 is 2.08 bits per heavy atom. The average molecular weight is 342 g/mol. The second kappa shape index (κ2) is 7.39. The van der Waals surface area contributed by atoms with Crippen LogP contribution in [-0.2, 0) is 39.8 Å². The standard InChI is InChI=1S/C14H18N2O8/c1-5-9-15-13(24-16-9)11-10(20-6(2)17)12(21-7(3)18)14(23-11)22-8(4)19/h10-12,14H,5H2,1-4H3/t10-,11+,12-,14?/m1/s1. The lowest BCUT2D eigenvalue weighted by molar-refractivity contribution is -0.196. The topological polar surface area (TPSA) is 127 Å². The Bertz CT molecular complexity index is 628. The normalized spacial score (nSPS) is 26.0. The lowest BCUT2D eigenvalue weighted by Gasteiger charge is -2.21. The molecule has 1 unspecified atom stereocenters. The quantitative estimate of drug-likeness (QED) is 0.549. The maximum atomic E-state index is 11.4. The van der Waals surface area contributed by atoms with Crippen LogP contribution >= 0.6 is 0 Å². The third kappa shape index (κ3) is 4.07. The van der Waals surface area contributed by atoms with Gasteiger partial charge in [-0.15, -0.1) is 0 Å². The second-order valence-electron chi connectivity index (χ2n) is 5.08. The lowest BCUT2D eigenvalue weighted by Crippen LogP contribution is -2.39. The molecule has 2 heterocycles. The molecule has 0 radical (unpaired) electrons. The van der Waals surface area contributed by atoms with Crippen LogP contribution in [0.1, 0.15) is 45.5 Å². The van der Waals surface area contributed by atoms with E-state index in [-0.39, 0.29) is 5.89 Å². The van der Waals surface area contributed by atoms with Crippen LogP contribution in [0, 0.1) is 0 Å². The van der Waals surface area contributed by atoms with E-state index in [1.807, 2.05) is 6.92 Å². The highest BCUT2D eigenvalue weighted by Gasteiger charge is 2.53. The number of rotatable bonds is 5. The third-order valence-electron chi connectivity index (χ3n) is 3.10. The fraction of sp³-hybridized carbons (Fsp3) is 0.643. The van der Waals surface area contributed by atoms with Gasteiger partial charge in [0, 0.05) is 27.2 Å². The zero-order valence-electron chi connectivity index (χ0n) is 13.7. The van der Waals surface area contributed by atoms with Crippen LogP contribution in [0.25, 0.3) is 0 Å². The van der Waals surface area contributed by atoms with Crippen molar-refractivity contribution in [3.05, 3.63) is 11.7 Å². The molecule has 0 bridgehead atoms. The molecule has 0 aliphatic carbocycles. The molecule has 1 aromatic heterocycles. The summed E-state index contributed by atoms with van der Waals surface area (Å²) >= 11 is 0. The highest BCUT2D eigenvalue weighted by molar-refractivity contribution is 5.68. The van der Waals surface area contributed by atoms with E-state index in [1.54, 1.807) is 0 Å². The highest BCUT2D eigenvalue weighted by Crippen LogP contribution is 2.37. The third-order valence-corrected chi connectivity index (χ3v) is 3.10. The summed E-state index contributed by atoms with van der Waals surface area (Å²) in [7, 11) is 0. The van der Waals surface area contributed by atoms with Crippen LogP contribution < -0.4 is 0 Å². The van der Waals surface area contributed by atoms with Crippen LogP contribution in [0.3, 0.4) is 0 Å². The summed E-state index contributed by atoms with van der Waals surface area (Å²) in [5.74, 6) is -1.48. The summed E-state index contributed by atoms with van der Waals surface area (Å²) in [4.78, 5) is 38.1. The molecule has 132 valence electrons. The molecule has 10 heteroatoms. The summed E-state index contributed by atoms with van der Waals surface area (Å²) in [5, 5.41) is 3.74. The summed E-state index contributed by atoms with van der Waals surface area (Å²) in [6.45, 7) is 5.36. The van der Waals surface area contributed by atoms with Gasteiger partial charge in [-0.1, -0.05) is 12.1 Å². The molecule has 0 N–H and O–H groups in total. The first kappa shape index (κ1) is 17.9. The summed E-state index contributed by atoms with van der Waals surface area (Å²) in [6, 6.07) is 0. The van der Waals surface area contributed by atoms with E-state index >= 15 is 0 Å². The molecule has 0 saturated carbocycles. The molecule has 1 fully saturated rings. The second-order valence-corrected chi connectivity index (χ2v) is 5.08. The SMILES string of the molecule is CCc1noc([C@H]2OC(OC(C)=O)[C@H](OC(C)=O)[C@@H]2OC(C)=O)n1. The number of esters is 3. The van der Waals surface area contributed by atoms with Crippen molar-refractivity contribution in [2.24, 2.45) is 0 Å². The number of aromatic nitrogens is 2. The van der Waals surface area contributed by atoms with Gasteiger partial charge in [-0.2, -0.15) is 4.98 Å². The van der Waals surface area contributed by atoms with Crippen LogP contribution in [0.5, 0.6) is 0 Å². The van der Waals surface area contributed by atoms with E-state index in [2.05, 4.69) is 10.1 Å². The maximum Gasteiger partial charge on any atom is 0.305 e. The maximum absolute atomic E-state index is 11.4. The summed E-state index contributed by atoms with van der Waals surface area (Å²) < 4.78 is 26.0. The van der Waals surface area contributed by atoms with E-state index in [1.165, 1.54) is 20.8 Å². The Morgan fingerprint density at radius 2 is 1.58 bits per heavy atom. The Labute approximate surface area is 137 Å². The van der Waals surface area contributed by atoms with E-state index in [4.69, 9.17) is 23.5 Å². The molecule has 0 aromatic carbocycles. The van der Waals surface area contributed by atoms with Gasteiger partial charge in [-0.05, 0) is 0 Å². The Morgan fingerprint density at radius 1 is 1.00 bits per heavy atom. The fourth-order valence-electron chi connectivity index (χ4n) is 2.25. The number of hydrogen-bond donors (Lipinski definition) is 0. The number of carbonyl (C=O) groups excluding carboxylic acids is 3. The van der Waals surface area contributed by atoms with Crippen LogP contribution in [0.4, 0.5) is 0 Å². The van der Waals surface area contributed by atoms with Crippen molar-refractivity contribution in [2.75, 3.05) is 0 Å². The highest BCUT2D eigenvalue weighted by atomic mass is 16.7. The molecule has 1 aromatic rings. The first-order chi connectivity index (χ1) is 11.3. The molecule has 2 rings (SSSR count). The molecule has 4 atom stereocenters. The van der Waals surface area contributed by atoms with Crippen LogP contribution in [-0.4, -0.2) is 46.5 Å². The molecule has 1 saturated heterocycles. The molecule has 10 nitrogen and oxygen atoms in total. The molecule has 0 spiro atoms. The monoisotopic (exact) mass is 342 g/mol. The minimum absolute atomic E-state index is 0.0323. The summed E-state index contributed by atoms with van der Waals surface area (Å²) in [6.07, 6.45) is -4.03. The zero-order valence-corrected chi connectivity index (χ0v) is 13.7. The van der Waals surface area contributed by atoms with Gasteiger partial charge in [0.1, 0.15) is 0 Å². The van der Waals surface area contributed by atoms with Gasteiger partial charge in [-0.3, -0.25) is 14.4 Å². The number of ether oxygens (including phenoxy) is 4. The van der Waals surface area contributed by atoms with Crippen molar-refractivity contribution in [3.8, 4) is 0 Å². The van der Waals surface area contributed by atoms with Gasteiger partial charge < -0.3 is 23.5 Å². The van der Waals surface area contributed by atoms with Crippen molar-refractivity contribution in [3.63, 3.8) is 0 Å². The summed E-state index contributed by atoms with van der Waals surface area (Å²) in [5.41, 5.74) is 0. The Hall–Kier alpha value is -2.49. The first-order valence-electron chi connectivity index (χ1n) is 7.31. The van der Waals surface area contributed by atoms with Crippen LogP contribution in [0.15, 0.2) is 4.52 Å². The average Bonchev–Trinajstić information content (AvgIpc) is 3.05. The minimum atomic E-state index is -1.27. The largest absolute Gasteiger partial charge is 0.455 e. The smallest absolute Gasteiger partial charge is 0.305 e. The van der Waals surface area contributed by atoms with Gasteiger partial charge in [0.15, 0.2) is 18.0 Å². The van der Waals surface area contributed by atoms with Crippen molar-refractivity contribution in [1.82, 2.24) is 10.1 Å². The molecule has 1 aliphatic rings. The number of hydrogen-bond acceptors (Lipinski definition) is 10. The minimum Gasteiger partial charge on any atom is -0.455 e. The Balaban J connectivity index is 2.34. The fourth-order valence-corrected chi connectivity index (χ4v) is 2.25. The number of nitrogens with zero attached hydrogens (tertiary/aromatic N) is 2. The first-order valence-corrected chi connectivity index (χ1v) is 7.31. The van der Waals surface area contributed by atoms with E-state index in [0.717, 1.165) is 0 Å². The van der Waals surface area contributed by atoms with Gasteiger partial charge in [-0.25, -0.2) is 0 Å². The van der Waals surface area contributed by atoms with Gasteiger partial charge in [0.2, 0.25) is 12.4 Å². The van der Waals surface area contributed by atoms with Gasteiger partial charge in [0.25, 0.3) is 5.89 Å². The van der Waals surface area contributed by atoms with Crippen molar-refractivity contribution in [1.29, 1.82) is 0 Å². The molecule has 0 amide bonds. The van der Waals surface area contributed by atoms with Crippen LogP contribution in [0.2, 0.25) is 0 Å². The molecular formula is C14H18N2O8. The predicted octanol–water partition coefficient (Wildman–Crippen LogP) is 0.456. The molecule has 1 aliphatic heterocycles. The van der Waals surface area contributed by atoms with Crippen molar-refractivity contribution >= 4 is 17.9 Å². The Kier molecular flexibility index (Phi) is 5.50. The molecule has 24 heavy (non-hydrogen) atoms. The van der Waals surface area contributed by atoms with Gasteiger partial charge >= 0.3 is 17.9 Å². The van der Waals surface area contributed by atoms with E-state index < -0.39 is 42.5 Å². The lowest BCUT2D eigenvalue weighted by atomic mass is 10.1. The van der Waals surface area contributed by atoms with E-state index in [9.17, 15) is 14.4 Å². The van der Waals surface area contributed by atoms with Crippen molar-refractivity contribution < 1.29 is 37.9 Å². The number of carbonyl (C=O) groups is 3. The zero-order chi connectivity index (χ0) is 17.9. The van der Waals surface area contributed by atoms with E-state index in [0.29, 0.717) is 12.2 Å². The van der Waals surface area contributed by atoms with Crippen molar-refractivity contribution in [2.45, 2.75) is 58.7 Å². The predicted molar refractivity (Wildman–Crippen MR) is 74.2 cm³/mol. The van der Waals surface area contributed by atoms with Gasteiger partial charge in [0.05, 0.1) is 0 Å².